The van der Waals surface area contributed by atoms with Crippen molar-refractivity contribution in [3.05, 3.63) is 89.3 Å². The van der Waals surface area contributed by atoms with Crippen molar-refractivity contribution in [1.29, 1.82) is 0 Å². The molecule has 1 saturated heterocycles. The number of carbonyl (C=O) groups excluding carboxylic acids is 1. The first-order valence-electron chi connectivity index (χ1n) is 10.5. The number of nitrogens with two attached hydrogens (primary N) is 1. The second-order valence-electron chi connectivity index (χ2n) is 8.86. The third-order valence-corrected chi connectivity index (χ3v) is 5.80. The third kappa shape index (κ3) is 4.36. The number of Topliss-reactive ketones (excluding diaryl/α,β-unsaturated/α-hetero) is 1. The maximum absolute atomic E-state index is 13.6. The summed E-state index contributed by atoms with van der Waals surface area (Å²) >= 11 is 0. The number of rotatable bonds is 4. The molecule has 0 radical (unpaired) electrons. The van der Waals surface area contributed by atoms with Crippen molar-refractivity contribution < 1.29 is 15.0 Å². The number of benzene rings is 2. The van der Waals surface area contributed by atoms with Crippen LogP contribution in [0.15, 0.2) is 72.4 Å². The minimum absolute atomic E-state index is 0.0785. The number of likely N-dealkylation sites (tertiary alicyclic amines) is 1. The normalized spacial score (nSPS) is 19.9. The molecule has 0 saturated carbocycles. The molecular formula is C26H27N3O3. The molecule has 1 aliphatic heterocycles. The highest BCUT2D eigenvalue weighted by molar-refractivity contribution is 6.05. The summed E-state index contributed by atoms with van der Waals surface area (Å²) < 4.78 is 0. The van der Waals surface area contributed by atoms with E-state index in [2.05, 4.69) is 9.88 Å². The van der Waals surface area contributed by atoms with Crippen LogP contribution in [0.5, 0.6) is 11.5 Å². The zero-order chi connectivity index (χ0) is 22.9. The lowest BCUT2D eigenvalue weighted by Crippen LogP contribution is -2.49. The van der Waals surface area contributed by atoms with Crippen LogP contribution in [0, 0.1) is 5.41 Å². The molecule has 32 heavy (non-hydrogen) atoms. The first kappa shape index (κ1) is 21.6. The summed E-state index contributed by atoms with van der Waals surface area (Å²) in [5.74, 6) is -0.244. The van der Waals surface area contributed by atoms with Gasteiger partial charge in [-0.25, -0.2) is 0 Å². The summed E-state index contributed by atoms with van der Waals surface area (Å²) in [5, 5.41) is 19.7. The minimum Gasteiger partial charge on any atom is -0.504 e. The Bertz CT molecular complexity index is 1150. The summed E-state index contributed by atoms with van der Waals surface area (Å²) in [6, 6.07) is 17.7. The van der Waals surface area contributed by atoms with Crippen molar-refractivity contribution in [3.8, 4) is 11.5 Å². The van der Waals surface area contributed by atoms with Gasteiger partial charge < -0.3 is 15.9 Å². The summed E-state index contributed by atoms with van der Waals surface area (Å²) in [4.78, 5) is 20.2. The van der Waals surface area contributed by atoms with Gasteiger partial charge in [0.2, 0.25) is 0 Å². The van der Waals surface area contributed by atoms with Crippen molar-refractivity contribution in [2.24, 2.45) is 5.41 Å². The molecule has 1 unspecified atom stereocenters. The number of pyridine rings is 1. The van der Waals surface area contributed by atoms with Gasteiger partial charge in [-0.05, 0) is 53.6 Å². The van der Waals surface area contributed by atoms with Gasteiger partial charge in [0.15, 0.2) is 17.3 Å². The number of anilines is 1. The highest BCUT2D eigenvalue weighted by Crippen LogP contribution is 2.42. The van der Waals surface area contributed by atoms with Crippen LogP contribution < -0.4 is 5.73 Å². The van der Waals surface area contributed by atoms with E-state index in [0.717, 1.165) is 16.8 Å². The van der Waals surface area contributed by atoms with E-state index in [1.54, 1.807) is 18.3 Å². The van der Waals surface area contributed by atoms with Gasteiger partial charge in [0.25, 0.3) is 0 Å². The third-order valence-electron chi connectivity index (χ3n) is 5.80. The Morgan fingerprint density at radius 1 is 1.09 bits per heavy atom. The fourth-order valence-electron chi connectivity index (χ4n) is 4.27. The summed E-state index contributed by atoms with van der Waals surface area (Å²) in [6.45, 7) is 4.91. The minimum atomic E-state index is -0.607. The number of aromatic hydroxyl groups is 2. The maximum atomic E-state index is 13.6. The molecule has 2 heterocycles. The van der Waals surface area contributed by atoms with Crippen molar-refractivity contribution >= 4 is 17.5 Å². The molecule has 0 amide bonds. The highest BCUT2D eigenvalue weighted by Gasteiger charge is 2.44. The van der Waals surface area contributed by atoms with Crippen LogP contribution in [0.2, 0.25) is 0 Å². The van der Waals surface area contributed by atoms with Crippen LogP contribution in [0.3, 0.4) is 0 Å². The van der Waals surface area contributed by atoms with Gasteiger partial charge in [-0.1, -0.05) is 38.1 Å². The van der Waals surface area contributed by atoms with Gasteiger partial charge >= 0.3 is 0 Å². The van der Waals surface area contributed by atoms with E-state index in [9.17, 15) is 15.0 Å². The van der Waals surface area contributed by atoms with Gasteiger partial charge in [0.1, 0.15) is 0 Å². The lowest BCUT2D eigenvalue weighted by molar-refractivity contribution is -0.128. The van der Waals surface area contributed by atoms with Crippen LogP contribution >= 0.6 is 0 Å². The van der Waals surface area contributed by atoms with Crippen molar-refractivity contribution in [1.82, 2.24) is 9.88 Å². The van der Waals surface area contributed by atoms with E-state index in [4.69, 9.17) is 5.73 Å². The average molecular weight is 430 g/mol. The first-order chi connectivity index (χ1) is 15.2. The van der Waals surface area contributed by atoms with Crippen molar-refractivity contribution in [3.63, 3.8) is 0 Å². The van der Waals surface area contributed by atoms with E-state index in [1.165, 1.54) is 6.07 Å². The molecule has 1 aliphatic rings. The van der Waals surface area contributed by atoms with Gasteiger partial charge in [-0.2, -0.15) is 0 Å². The lowest BCUT2D eigenvalue weighted by atomic mass is 9.74. The number of hydrogen-bond donors (Lipinski definition) is 3. The van der Waals surface area contributed by atoms with E-state index < -0.39 is 5.41 Å². The van der Waals surface area contributed by atoms with Crippen molar-refractivity contribution in [2.75, 3.05) is 12.3 Å². The van der Waals surface area contributed by atoms with E-state index >= 15 is 0 Å². The Morgan fingerprint density at radius 2 is 1.84 bits per heavy atom. The molecule has 0 spiro atoms. The van der Waals surface area contributed by atoms with Gasteiger partial charge in [-0.15, -0.1) is 0 Å². The molecular weight excluding hydrogens is 402 g/mol. The average Bonchev–Trinajstić information content (AvgIpc) is 2.76. The number of phenolic OH excluding ortho intramolecular Hbond substituents is 2. The lowest BCUT2D eigenvalue weighted by Gasteiger charge is -2.44. The van der Waals surface area contributed by atoms with Crippen LogP contribution in [-0.2, 0) is 11.3 Å². The largest absolute Gasteiger partial charge is 0.504 e. The van der Waals surface area contributed by atoms with E-state index in [-0.39, 0.29) is 23.3 Å². The number of nitrogen functional groups attached to an aromatic ring is 1. The predicted octanol–water partition coefficient (Wildman–Crippen LogP) is 4.31. The van der Waals surface area contributed by atoms with E-state index in [1.807, 2.05) is 62.4 Å². The Labute approximate surface area is 187 Å². The summed E-state index contributed by atoms with van der Waals surface area (Å²) in [6.07, 6.45) is 3.58. The fourth-order valence-corrected chi connectivity index (χ4v) is 4.27. The first-order valence-corrected chi connectivity index (χ1v) is 10.5. The van der Waals surface area contributed by atoms with Crippen LogP contribution in [-0.4, -0.2) is 32.4 Å². The molecule has 4 N–H and O–H groups in total. The second-order valence-corrected chi connectivity index (χ2v) is 8.86. The molecule has 4 rings (SSSR count). The number of nitrogens with zero attached hydrogens (tertiary/aromatic N) is 2. The second kappa shape index (κ2) is 8.48. The number of hydrogen-bond acceptors (Lipinski definition) is 6. The zero-order valence-corrected chi connectivity index (χ0v) is 18.2. The van der Waals surface area contributed by atoms with Gasteiger partial charge in [0, 0.05) is 36.0 Å². The van der Waals surface area contributed by atoms with Crippen LogP contribution in [0.4, 0.5) is 5.69 Å². The predicted molar refractivity (Wildman–Crippen MR) is 125 cm³/mol. The molecule has 3 aromatic rings. The topological polar surface area (TPSA) is 99.7 Å². The zero-order valence-electron chi connectivity index (χ0n) is 18.2. The summed E-state index contributed by atoms with van der Waals surface area (Å²) in [7, 11) is 0. The van der Waals surface area contributed by atoms with Gasteiger partial charge in [-0.3, -0.25) is 14.7 Å². The Hall–Kier alpha value is -3.64. The monoisotopic (exact) mass is 429 g/mol. The van der Waals surface area contributed by atoms with Gasteiger partial charge in [0.05, 0.1) is 11.7 Å². The molecule has 1 atom stereocenters. The highest BCUT2D eigenvalue weighted by atomic mass is 16.3. The molecule has 1 fully saturated rings. The molecule has 6 nitrogen and oxygen atoms in total. The Kier molecular flexibility index (Phi) is 5.72. The van der Waals surface area contributed by atoms with Crippen LogP contribution in [0.25, 0.3) is 6.08 Å². The Balaban J connectivity index is 1.83. The fraction of sp³-hybridized carbons (Fsp3) is 0.231. The Morgan fingerprint density at radius 3 is 2.50 bits per heavy atom. The molecule has 1 aromatic heterocycles. The molecule has 0 bridgehead atoms. The SMILES string of the molecule is CC1(C)CN(Cc2ccc(O)c(O)c2)C(c2ccc(N)cc2)/C(=C\c2ccccn2)C1=O. The summed E-state index contributed by atoms with van der Waals surface area (Å²) in [5.41, 5.74) is 9.13. The quantitative estimate of drug-likeness (QED) is 0.325. The molecule has 6 heteroatoms. The smallest absolute Gasteiger partial charge is 0.167 e. The molecule has 164 valence electrons. The van der Waals surface area contributed by atoms with E-state index in [0.29, 0.717) is 24.4 Å². The number of phenols is 2. The standard InChI is InChI=1S/C26H27N3O3/c1-26(2)16-29(15-17-6-11-22(30)23(31)13-17)24(18-7-9-19(27)10-8-18)21(25(26)32)14-20-5-3-4-12-28-20/h3-14,24,30-31H,15-16,27H2,1-2H3/b21-14+. The number of piperidine rings is 1. The molecule has 2 aromatic carbocycles. The maximum Gasteiger partial charge on any atom is 0.167 e. The number of carbonyl (C=O) groups is 1. The van der Waals surface area contributed by atoms with Crippen LogP contribution in [0.1, 0.15) is 36.7 Å². The number of ketones is 1. The number of aromatic nitrogens is 1. The van der Waals surface area contributed by atoms with Crippen molar-refractivity contribution in [2.45, 2.75) is 26.4 Å². The molecule has 0 aliphatic carbocycles.